The molecular weight excluding hydrogens is 334 g/mol. The van der Waals surface area contributed by atoms with Crippen molar-refractivity contribution in [3.05, 3.63) is 59.3 Å². The molecule has 0 saturated carbocycles. The number of allylic oxidation sites excluding steroid dienone is 3. The molecule has 0 saturated heterocycles. The van der Waals surface area contributed by atoms with Gasteiger partial charge >= 0.3 is 0 Å². The van der Waals surface area contributed by atoms with Gasteiger partial charge in [0, 0.05) is 27.7 Å². The summed E-state index contributed by atoms with van der Waals surface area (Å²) in [5.41, 5.74) is 8.67. The summed E-state index contributed by atoms with van der Waals surface area (Å²) in [7, 11) is 0. The van der Waals surface area contributed by atoms with Crippen LogP contribution in [0.3, 0.4) is 0 Å². The highest BCUT2D eigenvalue weighted by Gasteiger charge is 2.31. The summed E-state index contributed by atoms with van der Waals surface area (Å²) in [6, 6.07) is 7.37. The number of fused-ring (bicyclic) bond motifs is 1. The summed E-state index contributed by atoms with van der Waals surface area (Å²) in [4.78, 5) is 21.3. The fourth-order valence-corrected chi connectivity index (χ4v) is 3.12. The molecule has 0 amide bonds. The molecule has 1 aliphatic carbocycles. The van der Waals surface area contributed by atoms with Gasteiger partial charge in [0.05, 0.1) is 16.9 Å². The first kappa shape index (κ1) is 17.5. The number of carbonyl (C=O) groups excluding carboxylic acids is 1. The zero-order chi connectivity index (χ0) is 18.0. The van der Waals surface area contributed by atoms with Crippen molar-refractivity contribution in [3.8, 4) is 0 Å². The highest BCUT2D eigenvalue weighted by Crippen LogP contribution is 2.29. The first-order valence-corrected chi connectivity index (χ1v) is 8.71. The van der Waals surface area contributed by atoms with E-state index in [1.165, 1.54) is 0 Å². The summed E-state index contributed by atoms with van der Waals surface area (Å²) in [5.74, 6) is -0.0449. The third-order valence-corrected chi connectivity index (χ3v) is 4.93. The number of aliphatic imine (C=N–C) groups is 1. The summed E-state index contributed by atoms with van der Waals surface area (Å²) >= 11 is 6.03. The fourth-order valence-electron chi connectivity index (χ4n) is 2.95. The molecule has 4 nitrogen and oxygen atoms in total. The number of ketones is 1. The third-order valence-electron chi connectivity index (χ3n) is 4.69. The predicted molar refractivity (Wildman–Crippen MR) is 104 cm³/mol. The van der Waals surface area contributed by atoms with Gasteiger partial charge in [0.2, 0.25) is 0 Å². The summed E-state index contributed by atoms with van der Waals surface area (Å²) in [5, 5.41) is 1.54. The lowest BCUT2D eigenvalue weighted by Gasteiger charge is -2.29. The zero-order valence-corrected chi connectivity index (χ0v) is 15.0. The Hall–Kier alpha value is -2.30. The van der Waals surface area contributed by atoms with Crippen LogP contribution in [0.4, 0.5) is 5.69 Å². The first-order chi connectivity index (χ1) is 12.0. The van der Waals surface area contributed by atoms with Crippen LogP contribution in [0, 0.1) is 0 Å². The van der Waals surface area contributed by atoms with Crippen LogP contribution in [0.15, 0.2) is 59.3 Å². The van der Waals surface area contributed by atoms with Gasteiger partial charge in [0.25, 0.3) is 0 Å². The van der Waals surface area contributed by atoms with Crippen LogP contribution in [0.5, 0.6) is 0 Å². The maximum Gasteiger partial charge on any atom is 0.183 e. The Kier molecular flexibility index (Phi) is 4.84. The number of pyridine rings is 1. The Balaban J connectivity index is 2.09. The molecule has 0 aliphatic heterocycles. The second kappa shape index (κ2) is 6.90. The second-order valence-electron chi connectivity index (χ2n) is 6.15. The van der Waals surface area contributed by atoms with Crippen molar-refractivity contribution in [1.29, 1.82) is 0 Å². The van der Waals surface area contributed by atoms with Crippen LogP contribution in [0.25, 0.3) is 10.9 Å². The van der Waals surface area contributed by atoms with Crippen molar-refractivity contribution in [2.45, 2.75) is 32.2 Å². The van der Waals surface area contributed by atoms with Gasteiger partial charge in [0.15, 0.2) is 5.78 Å². The molecule has 5 heteroatoms. The molecule has 128 valence electrons. The van der Waals surface area contributed by atoms with Crippen LogP contribution in [0.2, 0.25) is 5.02 Å². The molecule has 25 heavy (non-hydrogen) atoms. The summed E-state index contributed by atoms with van der Waals surface area (Å²) < 4.78 is 0. The number of rotatable bonds is 4. The normalized spacial score (nSPS) is 16.6. The molecule has 1 heterocycles. The maximum absolute atomic E-state index is 12.3. The average molecular weight is 354 g/mol. The quantitative estimate of drug-likeness (QED) is 0.820. The number of carbonyl (C=O) groups is 1. The number of benzene rings is 1. The maximum atomic E-state index is 12.3. The number of hydrogen-bond acceptors (Lipinski definition) is 4. The molecule has 1 aliphatic rings. The van der Waals surface area contributed by atoms with E-state index in [0.29, 0.717) is 29.1 Å². The van der Waals surface area contributed by atoms with E-state index >= 15 is 0 Å². The van der Waals surface area contributed by atoms with Crippen molar-refractivity contribution in [2.24, 2.45) is 10.7 Å². The van der Waals surface area contributed by atoms with Crippen LogP contribution < -0.4 is 5.73 Å². The van der Waals surface area contributed by atoms with E-state index in [9.17, 15) is 4.79 Å². The zero-order valence-electron chi connectivity index (χ0n) is 14.3. The van der Waals surface area contributed by atoms with Crippen molar-refractivity contribution in [3.63, 3.8) is 0 Å². The van der Waals surface area contributed by atoms with Gasteiger partial charge in [-0.1, -0.05) is 25.4 Å². The van der Waals surface area contributed by atoms with Crippen molar-refractivity contribution in [2.75, 3.05) is 0 Å². The molecule has 0 unspecified atom stereocenters. The first-order valence-electron chi connectivity index (χ1n) is 8.33. The minimum atomic E-state index is -0.629. The third kappa shape index (κ3) is 3.41. The Bertz CT molecular complexity index is 924. The van der Waals surface area contributed by atoms with Crippen LogP contribution in [-0.4, -0.2) is 22.0 Å². The van der Waals surface area contributed by atoms with E-state index in [4.69, 9.17) is 22.3 Å². The summed E-state index contributed by atoms with van der Waals surface area (Å²) in [6.07, 6.45) is 8.15. The standard InChI is InChI=1S/C20H20ClN3O/c1-3-20(22,4-2)16-12-14(6-8-19(16)25)24-17-9-10-23-18-11-13(21)5-7-15(17)18/h5-12H,3-4,22H2,1-2H3. The number of nitrogens with two attached hydrogens (primary N) is 1. The predicted octanol–water partition coefficient (Wildman–Crippen LogP) is 4.54. The fraction of sp³-hybridized carbons (Fsp3) is 0.250. The molecule has 0 radical (unpaired) electrons. The van der Waals surface area contributed by atoms with Gasteiger partial charge in [-0.25, -0.2) is 4.99 Å². The monoisotopic (exact) mass is 353 g/mol. The molecule has 0 atom stereocenters. The Morgan fingerprint density at radius 3 is 2.68 bits per heavy atom. The summed E-state index contributed by atoms with van der Waals surface area (Å²) in [6.45, 7) is 3.99. The molecule has 1 aromatic heterocycles. The number of aromatic nitrogens is 1. The van der Waals surface area contributed by atoms with Gasteiger partial charge in [0.1, 0.15) is 0 Å². The highest BCUT2D eigenvalue weighted by atomic mass is 35.5. The van der Waals surface area contributed by atoms with Crippen molar-refractivity contribution >= 4 is 39.7 Å². The lowest BCUT2D eigenvalue weighted by Crippen LogP contribution is -2.43. The second-order valence-corrected chi connectivity index (χ2v) is 6.58. The topological polar surface area (TPSA) is 68.3 Å². The van der Waals surface area contributed by atoms with E-state index in [-0.39, 0.29) is 5.78 Å². The molecule has 0 spiro atoms. The molecular formula is C20H20ClN3O. The van der Waals surface area contributed by atoms with Crippen LogP contribution >= 0.6 is 11.6 Å². The van der Waals surface area contributed by atoms with Gasteiger partial charge in [-0.2, -0.15) is 0 Å². The van der Waals surface area contributed by atoms with Gasteiger partial charge in [-0.05, 0) is 55.3 Å². The SMILES string of the molecule is CCC(N)(CC)C1=CC(=Nc2ccnc3cc(Cl)ccc23)C=CC1=O. The van der Waals surface area contributed by atoms with E-state index in [2.05, 4.69) is 4.98 Å². The Morgan fingerprint density at radius 1 is 1.20 bits per heavy atom. The van der Waals surface area contributed by atoms with Crippen molar-refractivity contribution in [1.82, 2.24) is 4.98 Å². The average Bonchev–Trinajstić information content (AvgIpc) is 2.62. The van der Waals surface area contributed by atoms with E-state index in [1.807, 2.05) is 32.0 Å². The Morgan fingerprint density at radius 2 is 1.96 bits per heavy atom. The van der Waals surface area contributed by atoms with Crippen LogP contribution in [-0.2, 0) is 4.79 Å². The molecule has 0 fully saturated rings. The van der Waals surface area contributed by atoms with Crippen LogP contribution in [0.1, 0.15) is 26.7 Å². The van der Waals surface area contributed by atoms with Gasteiger partial charge in [-0.15, -0.1) is 0 Å². The number of nitrogens with zero attached hydrogens (tertiary/aromatic N) is 2. The van der Waals surface area contributed by atoms with Gasteiger partial charge < -0.3 is 5.73 Å². The van der Waals surface area contributed by atoms with Gasteiger partial charge in [-0.3, -0.25) is 9.78 Å². The van der Waals surface area contributed by atoms with Crippen molar-refractivity contribution < 1.29 is 4.79 Å². The number of halogens is 1. The molecule has 0 bridgehead atoms. The smallest absolute Gasteiger partial charge is 0.183 e. The van der Waals surface area contributed by atoms with E-state index in [0.717, 1.165) is 16.6 Å². The molecule has 3 rings (SSSR count). The molecule has 2 aromatic rings. The largest absolute Gasteiger partial charge is 0.321 e. The highest BCUT2D eigenvalue weighted by molar-refractivity contribution is 6.31. The molecule has 1 aromatic carbocycles. The number of hydrogen-bond donors (Lipinski definition) is 1. The Labute approximate surface area is 152 Å². The lowest BCUT2D eigenvalue weighted by atomic mass is 9.80. The molecule has 2 N–H and O–H groups in total. The van der Waals surface area contributed by atoms with E-state index < -0.39 is 5.54 Å². The lowest BCUT2D eigenvalue weighted by molar-refractivity contribution is -0.112. The minimum Gasteiger partial charge on any atom is -0.321 e. The van der Waals surface area contributed by atoms with E-state index in [1.54, 1.807) is 30.5 Å². The minimum absolute atomic E-state index is 0.0449.